The van der Waals surface area contributed by atoms with Crippen molar-refractivity contribution in [2.45, 2.75) is 162 Å². The lowest BCUT2D eigenvalue weighted by Crippen LogP contribution is -2.51. The number of fused-ring (bicyclic) bond motifs is 2. The Hall–Kier alpha value is -3.45. The summed E-state index contributed by atoms with van der Waals surface area (Å²) in [6.45, 7) is 32.1. The van der Waals surface area contributed by atoms with Gasteiger partial charge in [-0.3, -0.25) is 4.79 Å². The zero-order chi connectivity index (χ0) is 52.3. The number of benzene rings is 3. The molecule has 392 valence electrons. The van der Waals surface area contributed by atoms with Crippen molar-refractivity contribution in [1.82, 2.24) is 0 Å². The molecule has 0 aliphatic heterocycles. The number of carbonyl (C=O) groups is 3. The molecule has 0 spiro atoms. The Kier molecular flexibility index (Phi) is 20.7. The molecule has 3 unspecified atom stereocenters. The van der Waals surface area contributed by atoms with Crippen LogP contribution in [0.4, 0.5) is 0 Å². The summed E-state index contributed by atoms with van der Waals surface area (Å²) in [6.07, 6.45) is 12.1. The van der Waals surface area contributed by atoms with Crippen molar-refractivity contribution in [1.29, 1.82) is 0 Å². The van der Waals surface area contributed by atoms with E-state index >= 15 is 0 Å². The van der Waals surface area contributed by atoms with Gasteiger partial charge in [0.05, 0.1) is 30.3 Å². The van der Waals surface area contributed by atoms with Crippen molar-refractivity contribution >= 4 is 68.3 Å². The van der Waals surface area contributed by atoms with Gasteiger partial charge in [-0.15, -0.1) is 0 Å². The molecule has 0 heterocycles. The number of rotatable bonds is 29. The first-order valence-corrected chi connectivity index (χ1v) is 44.4. The van der Waals surface area contributed by atoms with Crippen LogP contribution in [-0.2, 0) is 32.6 Å². The number of carbonyl (C=O) groups excluding carboxylic acids is 3. The maximum absolute atomic E-state index is 13.5. The van der Waals surface area contributed by atoms with Crippen molar-refractivity contribution in [3.05, 3.63) is 95.6 Å². The lowest BCUT2D eigenvalue weighted by molar-refractivity contribution is -0.150. The molecule has 2 bridgehead atoms. The van der Waals surface area contributed by atoms with Gasteiger partial charge < -0.3 is 40.1 Å². The third-order valence-corrected chi connectivity index (χ3v) is 32.4. The van der Waals surface area contributed by atoms with Gasteiger partial charge in [-0.05, 0) is 208 Å². The van der Waals surface area contributed by atoms with E-state index in [2.05, 4.69) is 104 Å². The third-order valence-electron chi connectivity index (χ3n) is 12.1. The summed E-state index contributed by atoms with van der Waals surface area (Å²) >= 11 is 0. The highest BCUT2D eigenvalue weighted by molar-refractivity contribution is 6.88. The SMILES string of the molecule is C[Si](C)(C)O[Si](C)(C)O[Si](C)(C)CCCCCOc1ccc(C(=O)Oc2ccc(OC(=O)c3ccc(OCCCCC[Si](C)(C)O[Si](C)(C)O[Si](C)(C)C)cc3)c(COC(=O)C3CC4C=CC3C4)c2)cc1. The minimum Gasteiger partial charge on any atom is -0.494 e. The van der Waals surface area contributed by atoms with Gasteiger partial charge in [0.2, 0.25) is 0 Å². The summed E-state index contributed by atoms with van der Waals surface area (Å²) in [4.78, 5) is 40.1. The van der Waals surface area contributed by atoms with Gasteiger partial charge in [0.15, 0.2) is 33.3 Å². The molecule has 1 saturated carbocycles. The number of unbranched alkanes of at least 4 members (excludes halogenated alkanes) is 4. The molecule has 0 amide bonds. The lowest BCUT2D eigenvalue weighted by atomic mass is 9.94. The van der Waals surface area contributed by atoms with Crippen LogP contribution in [0.25, 0.3) is 0 Å². The van der Waals surface area contributed by atoms with Gasteiger partial charge in [0, 0.05) is 5.56 Å². The molecule has 71 heavy (non-hydrogen) atoms. The molecule has 1 fully saturated rings. The highest BCUT2D eigenvalue weighted by atomic mass is 28.5. The van der Waals surface area contributed by atoms with E-state index in [0.29, 0.717) is 47.3 Å². The summed E-state index contributed by atoms with van der Waals surface area (Å²) < 4.78 is 55.7. The van der Waals surface area contributed by atoms with Crippen LogP contribution in [0.3, 0.4) is 0 Å². The molecule has 2 aliphatic rings. The highest BCUT2D eigenvalue weighted by Crippen LogP contribution is 2.44. The van der Waals surface area contributed by atoms with Crippen LogP contribution in [0.2, 0.25) is 104 Å². The maximum atomic E-state index is 13.5. The second-order valence-corrected chi connectivity index (χ2v) is 48.7. The van der Waals surface area contributed by atoms with Crippen LogP contribution in [0, 0.1) is 17.8 Å². The van der Waals surface area contributed by atoms with Crippen molar-refractivity contribution in [3.8, 4) is 23.0 Å². The summed E-state index contributed by atoms with van der Waals surface area (Å²) in [5.41, 5.74) is 1.06. The first-order chi connectivity index (χ1) is 33.0. The van der Waals surface area contributed by atoms with Crippen LogP contribution in [-0.4, -0.2) is 81.5 Å². The Balaban J connectivity index is 1.10. The van der Waals surface area contributed by atoms with E-state index in [9.17, 15) is 14.4 Å². The van der Waals surface area contributed by atoms with Crippen molar-refractivity contribution < 1.29 is 54.5 Å². The van der Waals surface area contributed by atoms with E-state index in [-0.39, 0.29) is 35.9 Å². The van der Waals surface area contributed by atoms with Gasteiger partial charge in [-0.25, -0.2) is 9.59 Å². The normalized spacial score (nSPS) is 17.3. The molecule has 2 aliphatic carbocycles. The number of ether oxygens (including phenoxy) is 5. The Labute approximate surface area is 431 Å². The maximum Gasteiger partial charge on any atom is 0.343 e. The minimum atomic E-state index is -2.16. The first-order valence-electron chi connectivity index (χ1n) is 25.7. The molecule has 0 N–H and O–H groups in total. The zero-order valence-electron chi connectivity index (χ0n) is 45.3. The quantitative estimate of drug-likeness (QED) is 0.0215. The summed E-state index contributed by atoms with van der Waals surface area (Å²) in [5, 5.41) is 0. The van der Waals surface area contributed by atoms with E-state index in [1.807, 2.05) is 0 Å². The molecule has 12 nitrogen and oxygen atoms in total. The summed E-state index contributed by atoms with van der Waals surface area (Å²) in [7, 11) is -11.3. The monoisotopic (exact) mass is 1080 g/mol. The molecule has 18 heteroatoms. The Bertz CT molecular complexity index is 2250. The topological polar surface area (TPSA) is 134 Å². The Morgan fingerprint density at radius 3 is 1.41 bits per heavy atom. The molecular weight excluding hydrogens is 997 g/mol. The fraction of sp³-hybridized carbons (Fsp3) is 0.566. The standard InChI is InChI=1S/C53H84O12Si6/c1-66(2,3)62-70(11,12)64-68(7,8)35-19-15-17-33-57-46-27-23-42(24-28-46)51(54)60-48-31-32-50(45(39-48)40-59-53(56)49-38-41-21-22-44(49)37-41)61-52(55)43-25-29-47(30-26-43)58-34-18-16-20-36-69(9,10)65-71(13,14)63-67(4,5)6/h21-32,39,41,44,49H,15-20,33-38,40H2,1-14H3. The Morgan fingerprint density at radius 2 is 0.972 bits per heavy atom. The summed E-state index contributed by atoms with van der Waals surface area (Å²) in [5.74, 6) is 0.657. The first kappa shape index (κ1) is 58.4. The van der Waals surface area contributed by atoms with E-state index in [1.54, 1.807) is 66.7 Å². The third kappa shape index (κ3) is 20.8. The smallest absolute Gasteiger partial charge is 0.343 e. The van der Waals surface area contributed by atoms with E-state index < -0.39 is 62.3 Å². The number of allylic oxidation sites excluding steroid dienone is 2. The van der Waals surface area contributed by atoms with E-state index in [1.165, 1.54) is 0 Å². The van der Waals surface area contributed by atoms with Crippen LogP contribution >= 0.6 is 0 Å². The van der Waals surface area contributed by atoms with Crippen molar-refractivity contribution in [3.63, 3.8) is 0 Å². The number of hydrogen-bond acceptors (Lipinski definition) is 12. The van der Waals surface area contributed by atoms with Crippen molar-refractivity contribution in [2.24, 2.45) is 17.8 Å². The molecule has 3 atom stereocenters. The molecule has 5 rings (SSSR count). The lowest BCUT2D eigenvalue weighted by Gasteiger charge is -2.37. The van der Waals surface area contributed by atoms with Crippen LogP contribution in [0.1, 0.15) is 77.6 Å². The van der Waals surface area contributed by atoms with Crippen molar-refractivity contribution in [2.75, 3.05) is 13.2 Å². The number of esters is 3. The highest BCUT2D eigenvalue weighted by Gasteiger charge is 2.41. The molecule has 0 saturated heterocycles. The second kappa shape index (κ2) is 25.2. The fourth-order valence-corrected chi connectivity index (χ4v) is 36.4. The fourth-order valence-electron chi connectivity index (χ4n) is 9.83. The largest absolute Gasteiger partial charge is 0.494 e. The molecule has 0 aromatic heterocycles. The van der Waals surface area contributed by atoms with Crippen LogP contribution in [0.15, 0.2) is 78.9 Å². The molecular formula is C53H84O12Si6. The van der Waals surface area contributed by atoms with Crippen LogP contribution in [0.5, 0.6) is 23.0 Å². The van der Waals surface area contributed by atoms with E-state index in [4.69, 9.17) is 40.1 Å². The summed E-state index contributed by atoms with van der Waals surface area (Å²) in [6, 6.07) is 20.6. The van der Waals surface area contributed by atoms with Gasteiger partial charge >= 0.3 is 35.0 Å². The van der Waals surface area contributed by atoms with Gasteiger partial charge in [-0.2, -0.15) is 0 Å². The molecule has 3 aromatic carbocycles. The van der Waals surface area contributed by atoms with Gasteiger partial charge in [0.1, 0.15) is 29.6 Å². The predicted molar refractivity (Wildman–Crippen MR) is 297 cm³/mol. The molecule has 0 radical (unpaired) electrons. The predicted octanol–water partition coefficient (Wildman–Crippen LogP) is 14.0. The van der Waals surface area contributed by atoms with E-state index in [0.717, 1.165) is 63.5 Å². The molecule has 3 aromatic rings. The van der Waals surface area contributed by atoms with Gasteiger partial charge in [0.25, 0.3) is 0 Å². The Morgan fingerprint density at radius 1 is 0.507 bits per heavy atom. The minimum absolute atomic E-state index is 0.163. The van der Waals surface area contributed by atoms with Gasteiger partial charge in [-0.1, -0.05) is 37.8 Å². The average molecular weight is 1080 g/mol. The second-order valence-electron chi connectivity index (χ2n) is 23.4. The number of hydrogen-bond donors (Lipinski definition) is 0. The average Bonchev–Trinajstić information content (AvgIpc) is 3.88. The van der Waals surface area contributed by atoms with Crippen LogP contribution < -0.4 is 18.9 Å². The zero-order valence-corrected chi connectivity index (χ0v) is 51.3.